The highest BCUT2D eigenvalue weighted by molar-refractivity contribution is 7.18. The van der Waals surface area contributed by atoms with Gasteiger partial charge in [-0.15, -0.1) is 11.3 Å². The van der Waals surface area contributed by atoms with Gasteiger partial charge >= 0.3 is 5.97 Å². The highest BCUT2D eigenvalue weighted by atomic mass is 35.5. The molecule has 4 aromatic rings. The number of rotatable bonds is 9. The van der Waals surface area contributed by atoms with Crippen LogP contribution in [0.2, 0.25) is 5.02 Å². The Labute approximate surface area is 268 Å². The summed E-state index contributed by atoms with van der Waals surface area (Å²) in [5.41, 5.74) is 3.76. The van der Waals surface area contributed by atoms with E-state index in [4.69, 9.17) is 21.3 Å². The van der Waals surface area contributed by atoms with Crippen LogP contribution in [0.1, 0.15) is 59.3 Å². The van der Waals surface area contributed by atoms with E-state index in [9.17, 15) is 23.5 Å². The predicted octanol–water partition coefficient (Wildman–Crippen LogP) is 6.79. The summed E-state index contributed by atoms with van der Waals surface area (Å²) in [6.45, 7) is 6.76. The SMILES string of the molecule is Cc1cc(-c2cc(Cl)ccc2OCCn2c(C)nc3c(c2=O)C[C@](C)(N(C)CC2CC(F)(F)C2)CC3)c2scc(C(=O)O)c2n1. The Balaban J connectivity index is 1.22. The fourth-order valence-electron chi connectivity index (χ4n) is 6.68. The molecule has 1 atom stereocenters. The zero-order chi connectivity index (χ0) is 32.3. The lowest BCUT2D eigenvalue weighted by atomic mass is 9.77. The highest BCUT2D eigenvalue weighted by Crippen LogP contribution is 2.44. The average Bonchev–Trinajstić information content (AvgIpc) is 3.38. The lowest BCUT2D eigenvalue weighted by molar-refractivity contribution is -0.120. The normalized spacial score (nSPS) is 19.5. The van der Waals surface area contributed by atoms with E-state index in [1.54, 1.807) is 28.1 Å². The van der Waals surface area contributed by atoms with Gasteiger partial charge in [-0.1, -0.05) is 11.6 Å². The maximum absolute atomic E-state index is 13.8. The van der Waals surface area contributed by atoms with Crippen molar-refractivity contribution < 1.29 is 23.4 Å². The maximum atomic E-state index is 13.8. The number of fused-ring (bicyclic) bond motifs is 2. The van der Waals surface area contributed by atoms with Gasteiger partial charge in [0.15, 0.2) is 0 Å². The van der Waals surface area contributed by atoms with Gasteiger partial charge < -0.3 is 14.7 Å². The Morgan fingerprint density at radius 1 is 1.22 bits per heavy atom. The number of benzene rings is 1. The van der Waals surface area contributed by atoms with Crippen molar-refractivity contribution in [3.8, 4) is 16.9 Å². The van der Waals surface area contributed by atoms with Crippen LogP contribution >= 0.6 is 22.9 Å². The van der Waals surface area contributed by atoms with Crippen LogP contribution in [0.25, 0.3) is 21.3 Å². The fraction of sp³-hybridized carbons (Fsp3) is 0.455. The summed E-state index contributed by atoms with van der Waals surface area (Å²) in [7, 11) is 1.97. The molecule has 6 rings (SSSR count). The molecule has 45 heavy (non-hydrogen) atoms. The van der Waals surface area contributed by atoms with E-state index in [-0.39, 0.29) is 48.6 Å². The molecule has 1 fully saturated rings. The molecule has 0 unspecified atom stereocenters. The van der Waals surface area contributed by atoms with Gasteiger partial charge in [-0.05, 0) is 77.3 Å². The van der Waals surface area contributed by atoms with Gasteiger partial charge in [0.05, 0.1) is 28.0 Å². The second-order valence-corrected chi connectivity index (χ2v) is 14.0. The van der Waals surface area contributed by atoms with Crippen molar-refractivity contribution in [2.75, 3.05) is 20.2 Å². The molecule has 2 aliphatic rings. The first-order valence-electron chi connectivity index (χ1n) is 15.0. The minimum Gasteiger partial charge on any atom is -0.491 e. The molecule has 1 N–H and O–H groups in total. The van der Waals surface area contributed by atoms with Crippen molar-refractivity contribution in [1.82, 2.24) is 19.4 Å². The van der Waals surface area contributed by atoms with Gasteiger partial charge in [0.2, 0.25) is 5.92 Å². The fourth-order valence-corrected chi connectivity index (χ4v) is 7.87. The Kier molecular flexibility index (Phi) is 8.24. The number of likely N-dealkylation sites (N-methyl/N-ethyl adjacent to an activating group) is 1. The molecular formula is C33H35ClF2N4O4S. The molecule has 238 valence electrons. The number of halogens is 3. The summed E-state index contributed by atoms with van der Waals surface area (Å²) in [6.07, 6.45) is 1.82. The molecule has 12 heteroatoms. The van der Waals surface area contributed by atoms with Crippen molar-refractivity contribution >= 4 is 39.1 Å². The number of aromatic carboxylic acids is 1. The van der Waals surface area contributed by atoms with E-state index in [0.717, 1.165) is 22.4 Å². The Morgan fingerprint density at radius 3 is 2.69 bits per heavy atom. The van der Waals surface area contributed by atoms with Crippen LogP contribution < -0.4 is 10.3 Å². The Morgan fingerprint density at radius 2 is 1.98 bits per heavy atom. The quantitative estimate of drug-likeness (QED) is 0.212. The number of carbonyl (C=O) groups is 1. The summed E-state index contributed by atoms with van der Waals surface area (Å²) in [4.78, 5) is 37.0. The van der Waals surface area contributed by atoms with Crippen molar-refractivity contribution in [1.29, 1.82) is 0 Å². The van der Waals surface area contributed by atoms with E-state index in [1.165, 1.54) is 11.3 Å². The number of aryl methyl sites for hydroxylation is 3. The minimum atomic E-state index is -2.55. The van der Waals surface area contributed by atoms with E-state index in [2.05, 4.69) is 16.8 Å². The van der Waals surface area contributed by atoms with Crippen LogP contribution in [0, 0.1) is 19.8 Å². The first kappa shape index (κ1) is 31.6. The van der Waals surface area contributed by atoms with Crippen LogP contribution in [0.3, 0.4) is 0 Å². The van der Waals surface area contributed by atoms with Crippen LogP contribution in [0.5, 0.6) is 5.75 Å². The maximum Gasteiger partial charge on any atom is 0.338 e. The molecule has 8 nitrogen and oxygen atoms in total. The number of ether oxygens (including phenoxy) is 1. The summed E-state index contributed by atoms with van der Waals surface area (Å²) in [6, 6.07) is 7.16. The smallest absolute Gasteiger partial charge is 0.338 e. The number of carboxylic acids is 1. The van der Waals surface area contributed by atoms with E-state index in [1.807, 2.05) is 27.0 Å². The largest absolute Gasteiger partial charge is 0.491 e. The van der Waals surface area contributed by atoms with Gasteiger partial charge in [-0.25, -0.2) is 18.6 Å². The van der Waals surface area contributed by atoms with Crippen molar-refractivity contribution in [3.63, 3.8) is 0 Å². The molecule has 1 saturated carbocycles. The molecule has 1 aromatic carbocycles. The third kappa shape index (κ3) is 6.09. The zero-order valence-electron chi connectivity index (χ0n) is 25.6. The second kappa shape index (κ2) is 11.7. The van der Waals surface area contributed by atoms with Gasteiger partial charge in [0, 0.05) is 57.7 Å². The summed E-state index contributed by atoms with van der Waals surface area (Å²) in [5.74, 6) is -2.46. The van der Waals surface area contributed by atoms with Crippen molar-refractivity contribution in [2.24, 2.45) is 5.92 Å². The van der Waals surface area contributed by atoms with E-state index < -0.39 is 11.9 Å². The van der Waals surface area contributed by atoms with E-state index >= 15 is 0 Å². The van der Waals surface area contributed by atoms with Crippen LogP contribution in [0.15, 0.2) is 34.4 Å². The van der Waals surface area contributed by atoms with Crippen molar-refractivity contribution in [2.45, 2.75) is 70.9 Å². The number of hydrogen-bond donors (Lipinski definition) is 1. The number of alkyl halides is 2. The van der Waals surface area contributed by atoms with Crippen molar-refractivity contribution in [3.05, 3.63) is 73.4 Å². The van der Waals surface area contributed by atoms with Gasteiger partial charge in [0.1, 0.15) is 18.2 Å². The topological polar surface area (TPSA) is 97.6 Å². The Hall–Kier alpha value is -3.41. The Bertz CT molecular complexity index is 1870. The second-order valence-electron chi connectivity index (χ2n) is 12.7. The van der Waals surface area contributed by atoms with Crippen LogP contribution in [-0.4, -0.2) is 62.2 Å². The summed E-state index contributed by atoms with van der Waals surface area (Å²) in [5, 5.41) is 11.7. The first-order chi connectivity index (χ1) is 21.2. The molecule has 2 aliphatic carbocycles. The van der Waals surface area contributed by atoms with Gasteiger partial charge in [0.25, 0.3) is 5.56 Å². The first-order valence-corrected chi connectivity index (χ1v) is 16.2. The molecule has 0 spiro atoms. The zero-order valence-corrected chi connectivity index (χ0v) is 27.2. The number of hydrogen-bond acceptors (Lipinski definition) is 7. The molecule has 0 bridgehead atoms. The summed E-state index contributed by atoms with van der Waals surface area (Å²) < 4.78 is 35.5. The predicted molar refractivity (Wildman–Crippen MR) is 171 cm³/mol. The number of aromatic nitrogens is 3. The van der Waals surface area contributed by atoms with Crippen LogP contribution in [-0.2, 0) is 19.4 Å². The summed E-state index contributed by atoms with van der Waals surface area (Å²) >= 11 is 7.70. The molecular weight excluding hydrogens is 622 g/mol. The average molecular weight is 657 g/mol. The molecule has 0 saturated heterocycles. The lowest BCUT2D eigenvalue weighted by Crippen LogP contribution is -2.53. The molecule has 3 heterocycles. The number of carboxylic acid groups (broad SMARTS) is 1. The van der Waals surface area contributed by atoms with Crippen LogP contribution in [0.4, 0.5) is 8.78 Å². The third-order valence-corrected chi connectivity index (χ3v) is 10.5. The third-order valence-electron chi connectivity index (χ3n) is 9.31. The molecule has 0 amide bonds. The molecule has 0 aliphatic heterocycles. The number of nitrogens with zero attached hydrogens (tertiary/aromatic N) is 4. The molecule has 3 aromatic heterocycles. The minimum absolute atomic E-state index is 0.0304. The van der Waals surface area contributed by atoms with Gasteiger partial charge in [-0.2, -0.15) is 0 Å². The lowest BCUT2D eigenvalue weighted by Gasteiger charge is -2.46. The monoisotopic (exact) mass is 656 g/mol. The highest BCUT2D eigenvalue weighted by Gasteiger charge is 2.47. The number of pyridine rings is 1. The molecule has 0 radical (unpaired) electrons. The van der Waals surface area contributed by atoms with E-state index in [0.29, 0.717) is 58.3 Å². The van der Waals surface area contributed by atoms with Gasteiger partial charge in [-0.3, -0.25) is 14.3 Å². The standard InChI is InChI=1S/C33H35ClF2N4O4S/c1-18-11-23(29-28(37-18)25(17-45-29)31(42)43)22-12-21(34)5-6-27(22)44-10-9-40-19(2)38-26-7-8-32(3,15-24(26)30(40)41)39(4)16-20-13-33(35,36)14-20/h5-6,11-12,17,20H,7-10,13-16H2,1-4H3,(H,42,43)/t32-/m1/s1. The number of thiophene rings is 1.